The molecular formula is CH6CrO5. The molecule has 0 amide bonds. The average Bonchev–Trinajstić information content (AvgIpc) is 1.36. The Hall–Kier alpha value is 0.0125. The molecule has 0 radical (unpaired) electrons. The van der Waals surface area contributed by atoms with Crippen LogP contribution < -0.4 is 0 Å². The molecule has 46 valence electrons. The van der Waals surface area contributed by atoms with Gasteiger partial charge in [0, 0.05) is 7.11 Å². The molecule has 5 nitrogen and oxygen atoms in total. The zero-order valence-electron chi connectivity index (χ0n) is 3.57. The maximum absolute atomic E-state index is 8.82. The van der Waals surface area contributed by atoms with E-state index >= 15 is 0 Å². The molecule has 3 N–H and O–H groups in total. The van der Waals surface area contributed by atoms with Crippen LogP contribution >= 0.6 is 0 Å². The van der Waals surface area contributed by atoms with E-state index in [1.165, 1.54) is 0 Å². The summed E-state index contributed by atoms with van der Waals surface area (Å²) in [4.78, 5) is 0. The predicted molar refractivity (Wildman–Crippen MR) is 14.0 cm³/mol. The van der Waals surface area contributed by atoms with E-state index in [1.807, 2.05) is 0 Å². The van der Waals surface area contributed by atoms with E-state index in [0.29, 0.717) is 0 Å². The first-order valence-corrected chi connectivity index (χ1v) is 3.33. The molecule has 0 aliphatic carbocycles. The Morgan fingerprint density at radius 1 is 1.14 bits per heavy atom. The Morgan fingerprint density at radius 2 is 1.14 bits per heavy atom. The van der Waals surface area contributed by atoms with Crippen molar-refractivity contribution >= 4 is 0 Å². The van der Waals surface area contributed by atoms with Crippen molar-refractivity contribution in [2.75, 3.05) is 7.11 Å². The monoisotopic (exact) mass is 150 g/mol. The fraction of sp³-hybridized carbons (Fsp3) is 1.00. The zero-order valence-corrected chi connectivity index (χ0v) is 4.84. The molecule has 0 aromatic heterocycles. The van der Waals surface area contributed by atoms with E-state index in [9.17, 15) is 0 Å². The number of rotatable bonds is 0. The van der Waals surface area contributed by atoms with Crippen LogP contribution in [0.1, 0.15) is 0 Å². The topological polar surface area (TPSA) is 94.8 Å². The van der Waals surface area contributed by atoms with Crippen LogP contribution in [-0.2, 0) is 21.2 Å². The van der Waals surface area contributed by atoms with Gasteiger partial charge in [-0.15, -0.1) is 0 Å². The minimum atomic E-state index is -5.25. The molecule has 0 aromatic carbocycles. The van der Waals surface area contributed by atoms with Crippen LogP contribution in [0.4, 0.5) is 0 Å². The standard InChI is InChI=1S/CH4O.Cr.2H2O.2O/c1-2;;;;;/h2H,1H3;;2*1H2;;/q;+2;;;;/p-2. The Bertz CT molecular complexity index is 91.2. The van der Waals surface area contributed by atoms with Gasteiger partial charge in [-0.3, -0.25) is 0 Å². The minimum absolute atomic E-state index is 1.00. The number of aliphatic hydroxyl groups excluding tert-OH is 1. The maximum atomic E-state index is 8.82. The third kappa shape index (κ3) is 623000. The molecule has 0 rings (SSSR count). The van der Waals surface area contributed by atoms with E-state index in [0.717, 1.165) is 7.11 Å². The summed E-state index contributed by atoms with van der Waals surface area (Å²) in [6.07, 6.45) is 0. The van der Waals surface area contributed by atoms with Gasteiger partial charge in [-0.2, -0.15) is 0 Å². The second-order valence-corrected chi connectivity index (χ2v) is 1.85. The molecule has 0 spiro atoms. The number of hydrogen-bond donors (Lipinski definition) is 3. The summed E-state index contributed by atoms with van der Waals surface area (Å²) < 4.78 is 31.9. The van der Waals surface area contributed by atoms with Gasteiger partial charge < -0.3 is 5.11 Å². The summed E-state index contributed by atoms with van der Waals surface area (Å²) in [6, 6.07) is 0. The molecule has 0 fully saturated rings. The second kappa shape index (κ2) is 4.18. The van der Waals surface area contributed by atoms with Crippen LogP contribution in [0.2, 0.25) is 0 Å². The van der Waals surface area contributed by atoms with E-state index in [1.54, 1.807) is 0 Å². The van der Waals surface area contributed by atoms with Crippen molar-refractivity contribution in [2.24, 2.45) is 0 Å². The normalized spacial score (nSPS) is 9.14. The van der Waals surface area contributed by atoms with Crippen molar-refractivity contribution in [3.63, 3.8) is 0 Å². The molecule has 0 aliphatic rings. The molecule has 0 heterocycles. The summed E-state index contributed by atoms with van der Waals surface area (Å²) in [7, 11) is 1.00. The average molecular weight is 150 g/mol. The van der Waals surface area contributed by atoms with Crippen LogP contribution in [0.3, 0.4) is 0 Å². The molecule has 0 atom stereocenters. The van der Waals surface area contributed by atoms with E-state index in [-0.39, 0.29) is 0 Å². The molecule has 0 aliphatic heterocycles. The quantitative estimate of drug-likeness (QED) is 0.380. The molecule has 0 aromatic rings. The van der Waals surface area contributed by atoms with Gasteiger partial charge in [0.05, 0.1) is 0 Å². The summed E-state index contributed by atoms with van der Waals surface area (Å²) in [5.74, 6) is 0. The van der Waals surface area contributed by atoms with Crippen molar-refractivity contribution in [1.29, 1.82) is 0 Å². The van der Waals surface area contributed by atoms with Crippen molar-refractivity contribution in [2.45, 2.75) is 0 Å². The van der Waals surface area contributed by atoms with Gasteiger partial charge in [0.15, 0.2) is 0 Å². The van der Waals surface area contributed by atoms with Gasteiger partial charge >= 0.3 is 29.5 Å². The second-order valence-electron chi connectivity index (χ2n) is 0.448. The van der Waals surface area contributed by atoms with Gasteiger partial charge in [0.2, 0.25) is 0 Å². The Balaban J connectivity index is 0. The summed E-state index contributed by atoms with van der Waals surface area (Å²) in [6.45, 7) is 0. The van der Waals surface area contributed by atoms with Gasteiger partial charge in [0.25, 0.3) is 0 Å². The van der Waals surface area contributed by atoms with Crippen LogP contribution in [0.25, 0.3) is 0 Å². The number of hydrogen-bond acceptors (Lipinski definition) is 3. The van der Waals surface area contributed by atoms with Gasteiger partial charge in [0.1, 0.15) is 0 Å². The SMILES string of the molecule is CO.[O]=[Cr](=[O])([OH])[OH]. The van der Waals surface area contributed by atoms with Crippen molar-refractivity contribution < 1.29 is 34.6 Å². The molecule has 7 heavy (non-hydrogen) atoms. The van der Waals surface area contributed by atoms with Crippen LogP contribution in [0.5, 0.6) is 0 Å². The van der Waals surface area contributed by atoms with Crippen molar-refractivity contribution in [3.8, 4) is 0 Å². The van der Waals surface area contributed by atoms with Gasteiger partial charge in [-0.25, -0.2) is 0 Å². The third-order valence-electron chi connectivity index (χ3n) is 0. The van der Waals surface area contributed by atoms with Gasteiger partial charge in [-0.05, 0) is 0 Å². The summed E-state index contributed by atoms with van der Waals surface area (Å²) in [5, 5.41) is 7.00. The fourth-order valence-corrected chi connectivity index (χ4v) is 0. The Kier molecular flexibility index (Phi) is 6.02. The third-order valence-corrected chi connectivity index (χ3v) is 0. The Labute approximate surface area is 42.6 Å². The predicted octanol–water partition coefficient (Wildman–Crippen LogP) is -1.75. The van der Waals surface area contributed by atoms with E-state index < -0.39 is 13.6 Å². The van der Waals surface area contributed by atoms with Crippen LogP contribution in [-0.4, -0.2) is 20.5 Å². The first-order chi connectivity index (χ1) is 3.00. The Morgan fingerprint density at radius 3 is 1.14 bits per heavy atom. The molecule has 0 bridgehead atoms. The molecule has 0 saturated heterocycles. The molecule has 0 unspecified atom stereocenters. The summed E-state index contributed by atoms with van der Waals surface area (Å²) in [5.41, 5.74) is 0. The van der Waals surface area contributed by atoms with Crippen LogP contribution in [0.15, 0.2) is 0 Å². The van der Waals surface area contributed by atoms with Crippen LogP contribution in [0, 0.1) is 0 Å². The zero-order chi connectivity index (χ0) is 6.50. The summed E-state index contributed by atoms with van der Waals surface area (Å²) >= 11 is -5.25. The van der Waals surface area contributed by atoms with Crippen molar-refractivity contribution in [1.82, 2.24) is 0 Å². The first-order valence-electron chi connectivity index (χ1n) is 1.15. The van der Waals surface area contributed by atoms with E-state index in [4.69, 9.17) is 21.0 Å². The van der Waals surface area contributed by atoms with Gasteiger partial charge in [-0.1, -0.05) is 0 Å². The number of aliphatic hydroxyl groups is 1. The van der Waals surface area contributed by atoms with Crippen molar-refractivity contribution in [3.05, 3.63) is 0 Å². The molecule has 6 heteroatoms. The van der Waals surface area contributed by atoms with E-state index in [2.05, 4.69) is 0 Å². The fourth-order valence-electron chi connectivity index (χ4n) is 0. The molecule has 0 saturated carbocycles. The molecular weight excluding hydrogens is 144 g/mol. The first kappa shape index (κ1) is 10.1.